The Morgan fingerprint density at radius 2 is 0.758 bits per heavy atom. The lowest BCUT2D eigenvalue weighted by Gasteiger charge is -2.50. The summed E-state index contributed by atoms with van der Waals surface area (Å²) in [5.41, 5.74) is 0.652. The molecule has 0 saturated carbocycles. The fraction of sp³-hybridized carbons (Fsp3) is 0.382. The van der Waals surface area contributed by atoms with Crippen molar-refractivity contribution in [1.29, 1.82) is 0 Å². The van der Waals surface area contributed by atoms with Crippen molar-refractivity contribution in [3.05, 3.63) is 215 Å². The molecule has 10 rings (SSSR count). The molecule has 4 saturated heterocycles. The van der Waals surface area contributed by atoms with E-state index in [0.29, 0.717) is 5.56 Å². The summed E-state index contributed by atoms with van der Waals surface area (Å²) in [5.74, 6) is -5.78. The van der Waals surface area contributed by atoms with Crippen LogP contribution in [0.4, 0.5) is 0 Å². The van der Waals surface area contributed by atoms with Crippen molar-refractivity contribution >= 4 is 35.8 Å². The van der Waals surface area contributed by atoms with Gasteiger partial charge in [0.05, 0.1) is 47.6 Å². The third-order valence-electron chi connectivity index (χ3n) is 15.9. The number of amides is 1. The van der Waals surface area contributed by atoms with Crippen LogP contribution in [0.15, 0.2) is 182 Å². The van der Waals surface area contributed by atoms with Crippen LogP contribution in [0.3, 0.4) is 0 Å². The molecule has 0 bridgehead atoms. The summed E-state index contributed by atoms with van der Waals surface area (Å²) >= 11 is 0. The van der Waals surface area contributed by atoms with Crippen LogP contribution in [0.25, 0.3) is 0 Å². The fourth-order valence-corrected chi connectivity index (χ4v) is 11.1. The third kappa shape index (κ3) is 17.2. The van der Waals surface area contributed by atoms with E-state index in [1.807, 2.05) is 0 Å². The SMILES string of the molecule is CC(=O)NC1C(OC2C(O)C(COC(=O)c3ccccc3)OC(OC3C(COC(=O)c4ccccc4)OC(OCc4ccccc4)C(OC(=O)c4ccccc4)C3OC(=O)c3ccccc3)C2OC(=O)c2ccccc2)OC(CO)C(OC2OC(CO)C(O)C(O)C2O)C1O. The lowest BCUT2D eigenvalue weighted by atomic mass is 9.94. The highest BCUT2D eigenvalue weighted by atomic mass is 16.8. The summed E-state index contributed by atoms with van der Waals surface area (Å²) in [6.07, 6.45) is -36.5. The number of carbonyl (C=O) groups excluding carboxylic acids is 6. The highest BCUT2D eigenvalue weighted by molar-refractivity contribution is 5.91. The molecule has 27 heteroatoms. The van der Waals surface area contributed by atoms with Gasteiger partial charge in [-0.25, -0.2) is 24.0 Å². The molecule has 4 aliphatic heterocycles. The second-order valence-electron chi connectivity index (χ2n) is 22.5. The highest BCUT2D eigenvalue weighted by Gasteiger charge is 2.59. The first-order valence-electron chi connectivity index (χ1n) is 30.4. The molecule has 20 atom stereocenters. The van der Waals surface area contributed by atoms with E-state index in [9.17, 15) is 64.5 Å². The molecule has 4 aliphatic rings. The van der Waals surface area contributed by atoms with E-state index in [4.69, 9.17) is 61.6 Å². The number of hydrogen-bond donors (Lipinski definition) is 8. The Kier molecular flexibility index (Phi) is 23.9. The molecular formula is C68H71NO26. The molecule has 0 aliphatic carbocycles. The second-order valence-corrected chi connectivity index (χ2v) is 22.5. The molecule has 4 fully saturated rings. The third-order valence-corrected chi connectivity index (χ3v) is 15.9. The lowest BCUT2D eigenvalue weighted by molar-refractivity contribution is -0.380. The number of rotatable bonds is 24. The molecule has 504 valence electrons. The lowest BCUT2D eigenvalue weighted by Crippen LogP contribution is -2.70. The first-order valence-corrected chi connectivity index (χ1v) is 30.4. The first-order chi connectivity index (χ1) is 46.0. The maximum atomic E-state index is 14.8. The van der Waals surface area contributed by atoms with Crippen LogP contribution in [0.1, 0.15) is 64.3 Å². The van der Waals surface area contributed by atoms with Gasteiger partial charge in [0.2, 0.25) is 5.91 Å². The Balaban J connectivity index is 1.10. The van der Waals surface area contributed by atoms with E-state index in [1.165, 1.54) is 72.8 Å². The van der Waals surface area contributed by atoms with E-state index in [2.05, 4.69) is 5.32 Å². The highest BCUT2D eigenvalue weighted by Crippen LogP contribution is 2.38. The number of aliphatic hydroxyl groups excluding tert-OH is 7. The topological polar surface area (TPSA) is 376 Å². The van der Waals surface area contributed by atoms with E-state index in [1.54, 1.807) is 109 Å². The standard InChI is InChI=1S/C68H71NO26/c1-37(72)69-48-51(75)54(93-66-53(77)52(76)49(73)44(32-70)86-66)45(33-71)87-65(48)95-56-50(74)46(35-83-60(78)39-22-10-3-11-23-39)88-68(58(56)91-63(81)42-28-16-6-17-29-42)94-55-47(36-84-61(79)40-24-12-4-13-25-40)89-67(85-34-38-20-8-2-9-21-38)59(92-64(82)43-30-18-7-19-31-43)57(55)90-62(80)41-26-14-5-15-27-41/h2-31,44-59,65-68,70-71,73-77H,32-36H2,1H3,(H,69,72). The van der Waals surface area contributed by atoms with Gasteiger partial charge in [-0.1, -0.05) is 121 Å². The van der Waals surface area contributed by atoms with E-state index in [-0.39, 0.29) is 34.4 Å². The molecule has 95 heavy (non-hydrogen) atoms. The summed E-state index contributed by atoms with van der Waals surface area (Å²) in [6.45, 7) is -2.71. The van der Waals surface area contributed by atoms with Crippen LogP contribution in [0, 0.1) is 0 Å². The largest absolute Gasteiger partial charge is 0.459 e. The quantitative estimate of drug-likeness (QED) is 0.0317. The predicted molar refractivity (Wildman–Crippen MR) is 323 cm³/mol. The fourth-order valence-electron chi connectivity index (χ4n) is 11.1. The number of aliphatic hydroxyl groups is 7. The van der Waals surface area contributed by atoms with Gasteiger partial charge < -0.3 is 103 Å². The number of ether oxygens (including phenoxy) is 13. The molecule has 20 unspecified atom stereocenters. The van der Waals surface area contributed by atoms with Crippen molar-refractivity contribution in [2.45, 2.75) is 136 Å². The summed E-state index contributed by atoms with van der Waals surface area (Å²) in [6, 6.07) is 45.1. The van der Waals surface area contributed by atoms with Crippen molar-refractivity contribution in [2.75, 3.05) is 26.4 Å². The van der Waals surface area contributed by atoms with Crippen molar-refractivity contribution in [3.63, 3.8) is 0 Å². The van der Waals surface area contributed by atoms with Crippen LogP contribution in [-0.2, 0) is 73.0 Å². The van der Waals surface area contributed by atoms with Crippen LogP contribution in [0.5, 0.6) is 0 Å². The molecule has 0 aromatic heterocycles. The van der Waals surface area contributed by atoms with Crippen LogP contribution in [0.2, 0.25) is 0 Å². The van der Waals surface area contributed by atoms with Crippen molar-refractivity contribution in [1.82, 2.24) is 5.32 Å². The Bertz CT molecular complexity index is 3450. The summed E-state index contributed by atoms with van der Waals surface area (Å²) in [7, 11) is 0. The van der Waals surface area contributed by atoms with E-state index >= 15 is 0 Å². The normalized spacial score (nSPS) is 30.6. The molecule has 6 aromatic carbocycles. The minimum atomic E-state index is -2.20. The average molecular weight is 1320 g/mol. The number of esters is 5. The zero-order valence-electron chi connectivity index (χ0n) is 50.8. The Hall–Kier alpha value is -8.46. The second kappa shape index (κ2) is 32.8. The maximum Gasteiger partial charge on any atom is 0.338 e. The van der Waals surface area contributed by atoms with Crippen LogP contribution < -0.4 is 5.32 Å². The number of benzene rings is 6. The van der Waals surface area contributed by atoms with Gasteiger partial charge in [-0.2, -0.15) is 0 Å². The molecule has 0 spiro atoms. The van der Waals surface area contributed by atoms with Gasteiger partial charge >= 0.3 is 29.8 Å². The summed E-state index contributed by atoms with van der Waals surface area (Å²) < 4.78 is 81.9. The zero-order valence-corrected chi connectivity index (χ0v) is 50.8. The Labute approximate surface area is 543 Å². The minimum absolute atomic E-state index is 0.0204. The number of hydrogen-bond acceptors (Lipinski definition) is 26. The smallest absolute Gasteiger partial charge is 0.338 e. The predicted octanol–water partition coefficient (Wildman–Crippen LogP) is 1.94. The molecular weight excluding hydrogens is 1250 g/mol. The van der Waals surface area contributed by atoms with Gasteiger partial charge in [-0.3, -0.25) is 4.79 Å². The molecule has 27 nitrogen and oxygen atoms in total. The van der Waals surface area contributed by atoms with E-state index in [0.717, 1.165) is 6.92 Å². The van der Waals surface area contributed by atoms with E-state index < -0.39 is 185 Å². The minimum Gasteiger partial charge on any atom is -0.459 e. The monoisotopic (exact) mass is 1320 g/mol. The summed E-state index contributed by atoms with van der Waals surface area (Å²) in [4.78, 5) is 84.9. The van der Waals surface area contributed by atoms with Gasteiger partial charge in [0.15, 0.2) is 43.5 Å². The first kappa shape index (κ1) is 69.4. The van der Waals surface area contributed by atoms with Crippen molar-refractivity contribution in [3.8, 4) is 0 Å². The van der Waals surface area contributed by atoms with Gasteiger partial charge in [0.1, 0.15) is 92.5 Å². The molecule has 0 radical (unpaired) electrons. The average Bonchev–Trinajstić information content (AvgIpc) is 0.771. The van der Waals surface area contributed by atoms with Gasteiger partial charge in [-0.05, 0) is 66.2 Å². The zero-order chi connectivity index (χ0) is 67.1. The number of nitrogens with one attached hydrogen (secondary N) is 1. The van der Waals surface area contributed by atoms with Gasteiger partial charge in [-0.15, -0.1) is 0 Å². The Morgan fingerprint density at radius 1 is 0.368 bits per heavy atom. The van der Waals surface area contributed by atoms with Crippen molar-refractivity contribution in [2.24, 2.45) is 0 Å². The Morgan fingerprint density at radius 3 is 1.23 bits per heavy atom. The molecule has 6 aromatic rings. The van der Waals surface area contributed by atoms with Crippen molar-refractivity contribution < 1.29 is 126 Å². The molecule has 8 N–H and O–H groups in total. The van der Waals surface area contributed by atoms with Crippen LogP contribution >= 0.6 is 0 Å². The molecule has 4 heterocycles. The van der Waals surface area contributed by atoms with Gasteiger partial charge in [0.25, 0.3) is 0 Å². The van der Waals surface area contributed by atoms with Gasteiger partial charge in [0, 0.05) is 6.92 Å². The number of carbonyl (C=O) groups is 6. The van der Waals surface area contributed by atoms with Crippen LogP contribution in [-0.4, -0.2) is 221 Å². The summed E-state index contributed by atoms with van der Waals surface area (Å²) in [5, 5.41) is 80.6. The maximum absolute atomic E-state index is 14.8. The molecule has 1 amide bonds.